The van der Waals surface area contributed by atoms with Crippen LogP contribution in [0, 0.1) is 0 Å². The van der Waals surface area contributed by atoms with Crippen molar-refractivity contribution in [2.45, 2.75) is 303 Å². The second-order valence-electron chi connectivity index (χ2n) is 20.9. The highest BCUT2D eigenvalue weighted by molar-refractivity contribution is 5.71. The van der Waals surface area contributed by atoms with Crippen LogP contribution in [0.3, 0.4) is 0 Å². The van der Waals surface area contributed by atoms with Crippen LogP contribution in [0.5, 0.6) is 0 Å². The molecule has 0 bridgehead atoms. The number of rotatable bonds is 57. The van der Waals surface area contributed by atoms with E-state index in [9.17, 15) is 14.4 Å². The van der Waals surface area contributed by atoms with Gasteiger partial charge in [-0.2, -0.15) is 0 Å². The Labute approximate surface area is 470 Å². The second kappa shape index (κ2) is 63.6. The summed E-state index contributed by atoms with van der Waals surface area (Å²) < 4.78 is 16.8. The van der Waals surface area contributed by atoms with Gasteiger partial charge < -0.3 is 14.2 Å². The van der Waals surface area contributed by atoms with Gasteiger partial charge in [0.1, 0.15) is 13.2 Å². The lowest BCUT2D eigenvalue weighted by molar-refractivity contribution is -0.167. The van der Waals surface area contributed by atoms with Gasteiger partial charge in [0.25, 0.3) is 0 Å². The van der Waals surface area contributed by atoms with Crippen molar-refractivity contribution in [2.24, 2.45) is 0 Å². The third-order valence-electron chi connectivity index (χ3n) is 13.5. The van der Waals surface area contributed by atoms with Crippen molar-refractivity contribution < 1.29 is 28.6 Å². The van der Waals surface area contributed by atoms with Crippen molar-refractivity contribution in [1.29, 1.82) is 0 Å². The van der Waals surface area contributed by atoms with E-state index in [2.05, 4.69) is 130 Å². The molecule has 0 aliphatic carbocycles. The first-order chi connectivity index (χ1) is 37.5. The first-order valence-electron chi connectivity index (χ1n) is 31.9. The zero-order valence-corrected chi connectivity index (χ0v) is 49.7. The summed E-state index contributed by atoms with van der Waals surface area (Å²) >= 11 is 0. The quantitative estimate of drug-likeness (QED) is 0.0261. The highest BCUT2D eigenvalue weighted by Crippen LogP contribution is 2.16. The third kappa shape index (κ3) is 60.9. The molecule has 0 N–H and O–H groups in total. The molecule has 0 aromatic carbocycles. The van der Waals surface area contributed by atoms with Crippen molar-refractivity contribution >= 4 is 17.9 Å². The molecule has 0 aliphatic heterocycles. The molecular formula is C70H118O6. The normalized spacial score (nSPS) is 12.8. The van der Waals surface area contributed by atoms with E-state index in [-0.39, 0.29) is 37.5 Å². The number of carbonyl (C=O) groups is 3. The molecule has 0 aliphatic rings. The largest absolute Gasteiger partial charge is 0.462 e. The maximum atomic E-state index is 12.8. The lowest BCUT2D eigenvalue weighted by Crippen LogP contribution is -2.30. The van der Waals surface area contributed by atoms with Crippen LogP contribution < -0.4 is 0 Å². The Hall–Kier alpha value is -3.93. The van der Waals surface area contributed by atoms with E-state index in [1.807, 2.05) is 0 Å². The van der Waals surface area contributed by atoms with E-state index >= 15 is 0 Å². The molecule has 0 spiro atoms. The van der Waals surface area contributed by atoms with Crippen molar-refractivity contribution in [3.05, 3.63) is 109 Å². The van der Waals surface area contributed by atoms with E-state index in [0.29, 0.717) is 19.3 Å². The number of hydrogen-bond donors (Lipinski definition) is 0. The molecule has 434 valence electrons. The van der Waals surface area contributed by atoms with Gasteiger partial charge in [0.05, 0.1) is 0 Å². The molecule has 0 heterocycles. The highest BCUT2D eigenvalue weighted by atomic mass is 16.6. The predicted octanol–water partition coefficient (Wildman–Crippen LogP) is 21.8. The van der Waals surface area contributed by atoms with Gasteiger partial charge in [0.2, 0.25) is 0 Å². The predicted molar refractivity (Wildman–Crippen MR) is 330 cm³/mol. The first-order valence-corrected chi connectivity index (χ1v) is 31.9. The zero-order valence-electron chi connectivity index (χ0n) is 49.7. The molecule has 0 amide bonds. The molecule has 0 aromatic rings. The Morgan fingerprint density at radius 2 is 0.513 bits per heavy atom. The number of hydrogen-bond acceptors (Lipinski definition) is 6. The average molecular weight is 1060 g/mol. The maximum absolute atomic E-state index is 12.8. The SMILES string of the molecule is CC/C=C\C/C=C\C/C=C\C/C=C\C/C=C\CCCCCCCCCCCCCCCCCCCC(=O)OCC(COC(=O)CCCCCCCCCCCC)OC(=O)CCCC/C=C\C/C=C\C/C=C\C/C=C\CC. The van der Waals surface area contributed by atoms with E-state index in [1.54, 1.807) is 0 Å². The Kier molecular flexibility index (Phi) is 60.3. The molecule has 1 unspecified atom stereocenters. The third-order valence-corrected chi connectivity index (χ3v) is 13.5. The lowest BCUT2D eigenvalue weighted by atomic mass is 10.0. The van der Waals surface area contributed by atoms with Crippen molar-refractivity contribution in [2.75, 3.05) is 13.2 Å². The van der Waals surface area contributed by atoms with Gasteiger partial charge >= 0.3 is 17.9 Å². The van der Waals surface area contributed by atoms with Crippen LogP contribution in [-0.2, 0) is 28.6 Å². The Morgan fingerprint density at radius 3 is 0.829 bits per heavy atom. The van der Waals surface area contributed by atoms with Gasteiger partial charge in [-0.05, 0) is 103 Å². The van der Waals surface area contributed by atoms with Gasteiger partial charge in [-0.15, -0.1) is 0 Å². The summed E-state index contributed by atoms with van der Waals surface area (Å²) in [6, 6.07) is 0. The molecule has 6 nitrogen and oxygen atoms in total. The second-order valence-corrected chi connectivity index (χ2v) is 20.9. The van der Waals surface area contributed by atoms with Crippen LogP contribution in [0.2, 0.25) is 0 Å². The summed E-state index contributed by atoms with van der Waals surface area (Å²) in [5.74, 6) is -0.928. The molecule has 1 atom stereocenters. The molecule has 0 saturated heterocycles. The maximum Gasteiger partial charge on any atom is 0.306 e. The number of ether oxygens (including phenoxy) is 3. The summed E-state index contributed by atoms with van der Waals surface area (Å²) in [5.41, 5.74) is 0. The number of esters is 3. The van der Waals surface area contributed by atoms with Gasteiger partial charge in [0, 0.05) is 19.3 Å². The molecule has 0 saturated carbocycles. The number of carbonyl (C=O) groups excluding carboxylic acids is 3. The van der Waals surface area contributed by atoms with E-state index in [0.717, 1.165) is 109 Å². The van der Waals surface area contributed by atoms with Gasteiger partial charge in [-0.3, -0.25) is 14.4 Å². The summed E-state index contributed by atoms with van der Waals surface area (Å²) in [7, 11) is 0. The Morgan fingerprint density at radius 1 is 0.276 bits per heavy atom. The fourth-order valence-electron chi connectivity index (χ4n) is 8.81. The van der Waals surface area contributed by atoms with E-state index in [4.69, 9.17) is 14.2 Å². The Bertz CT molecular complexity index is 1540. The topological polar surface area (TPSA) is 78.9 Å². The van der Waals surface area contributed by atoms with Gasteiger partial charge in [-0.25, -0.2) is 0 Å². The minimum atomic E-state index is -0.797. The minimum Gasteiger partial charge on any atom is -0.462 e. The highest BCUT2D eigenvalue weighted by Gasteiger charge is 2.19. The number of unbranched alkanes of at least 4 members (excludes halogenated alkanes) is 28. The lowest BCUT2D eigenvalue weighted by Gasteiger charge is -2.18. The smallest absolute Gasteiger partial charge is 0.306 e. The van der Waals surface area contributed by atoms with Crippen molar-refractivity contribution in [1.82, 2.24) is 0 Å². The molecule has 0 rings (SSSR count). The van der Waals surface area contributed by atoms with Crippen molar-refractivity contribution in [3.63, 3.8) is 0 Å². The summed E-state index contributed by atoms with van der Waals surface area (Å²) in [4.78, 5) is 38.1. The van der Waals surface area contributed by atoms with Crippen LogP contribution in [0.4, 0.5) is 0 Å². The first kappa shape index (κ1) is 72.1. The Balaban J connectivity index is 4.13. The van der Waals surface area contributed by atoms with Crippen LogP contribution in [-0.4, -0.2) is 37.2 Å². The zero-order chi connectivity index (χ0) is 55.0. The van der Waals surface area contributed by atoms with Crippen LogP contribution in [0.1, 0.15) is 297 Å². The number of allylic oxidation sites excluding steroid dienone is 18. The molecule has 0 aromatic heterocycles. The fraction of sp³-hybridized carbons (Fsp3) is 0.700. The molecule has 0 fully saturated rings. The van der Waals surface area contributed by atoms with Crippen LogP contribution in [0.25, 0.3) is 0 Å². The van der Waals surface area contributed by atoms with Gasteiger partial charge in [-0.1, -0.05) is 284 Å². The molecule has 76 heavy (non-hydrogen) atoms. The van der Waals surface area contributed by atoms with Crippen LogP contribution in [0.15, 0.2) is 109 Å². The van der Waals surface area contributed by atoms with Crippen LogP contribution >= 0.6 is 0 Å². The molecular weight excluding hydrogens is 937 g/mol. The van der Waals surface area contributed by atoms with E-state index in [1.165, 1.54) is 141 Å². The molecule has 0 radical (unpaired) electrons. The van der Waals surface area contributed by atoms with Crippen molar-refractivity contribution in [3.8, 4) is 0 Å². The summed E-state index contributed by atoms with van der Waals surface area (Å²) in [6.45, 7) is 6.38. The standard InChI is InChI=1S/C70H118O6/c1-4-7-10-13-16-19-22-24-26-27-28-29-30-31-32-33-34-35-36-37-38-39-40-41-42-43-45-46-48-51-54-57-60-63-69(72)75-66-67(65-74-68(71)62-59-56-53-50-21-18-15-12-9-6-3)76-70(73)64-61-58-55-52-49-47-44-25-23-20-17-14-11-8-5-2/h7-8,10-11,16-17,19-20,24-26,28-29,31-32,44,49,52,67H,4-6,9,12-15,18,21-23,27,30,33-43,45-48,50-51,53-66H2,1-3H3/b10-7-,11-8-,19-16-,20-17-,26-24-,29-28-,32-31-,44-25-,52-49-. The average Bonchev–Trinajstić information content (AvgIpc) is 3.42. The summed E-state index contributed by atoms with van der Waals surface area (Å²) in [5, 5.41) is 0. The van der Waals surface area contributed by atoms with Gasteiger partial charge in [0.15, 0.2) is 6.10 Å². The molecule has 6 heteroatoms. The monoisotopic (exact) mass is 1050 g/mol. The minimum absolute atomic E-state index is 0.0914. The summed E-state index contributed by atoms with van der Waals surface area (Å²) in [6.07, 6.45) is 86.9. The fourth-order valence-corrected chi connectivity index (χ4v) is 8.81. The van der Waals surface area contributed by atoms with E-state index < -0.39 is 6.10 Å².